The number of hydrogen-bond donors (Lipinski definition) is 1. The Morgan fingerprint density at radius 3 is 2.31 bits per heavy atom. The summed E-state index contributed by atoms with van der Waals surface area (Å²) >= 11 is 0. The van der Waals surface area contributed by atoms with Crippen molar-refractivity contribution >= 4 is 18.5 Å². The van der Waals surface area contributed by atoms with Crippen molar-refractivity contribution in [3.63, 3.8) is 0 Å². The second kappa shape index (κ2) is 6.95. The van der Waals surface area contributed by atoms with Crippen LogP contribution >= 0.6 is 0 Å². The van der Waals surface area contributed by atoms with Crippen LogP contribution in [0, 0.1) is 5.82 Å². The van der Waals surface area contributed by atoms with Crippen molar-refractivity contribution in [1.82, 2.24) is 10.2 Å². The molecular weight excluding hydrogens is 334 g/mol. The zero-order valence-electron chi connectivity index (χ0n) is 16.3. The monoisotopic (exact) mass is 362 g/mol. The maximum atomic E-state index is 14.7. The highest BCUT2D eigenvalue weighted by Crippen LogP contribution is 2.36. The van der Waals surface area contributed by atoms with E-state index in [0.717, 1.165) is 25.9 Å². The minimum atomic E-state index is -0.638. The van der Waals surface area contributed by atoms with Gasteiger partial charge in [-0.05, 0) is 71.2 Å². The Morgan fingerprint density at radius 1 is 1.19 bits per heavy atom. The van der Waals surface area contributed by atoms with E-state index in [2.05, 4.69) is 5.32 Å². The highest BCUT2D eigenvalue weighted by Gasteiger charge is 2.51. The number of carbonyl (C=O) groups excluding carboxylic acids is 1. The Labute approximate surface area is 155 Å². The van der Waals surface area contributed by atoms with Crippen LogP contribution in [-0.4, -0.2) is 55.3 Å². The molecule has 0 bridgehead atoms. The van der Waals surface area contributed by atoms with Crippen LogP contribution in [0.1, 0.15) is 50.9 Å². The summed E-state index contributed by atoms with van der Waals surface area (Å²) in [6.45, 7) is 9.58. The van der Waals surface area contributed by atoms with Crippen molar-refractivity contribution in [3.8, 4) is 0 Å². The molecule has 2 aliphatic rings. The van der Waals surface area contributed by atoms with E-state index in [1.165, 1.54) is 12.1 Å². The maximum Gasteiger partial charge on any atom is 0.494 e. The topological polar surface area (TPSA) is 50.8 Å². The van der Waals surface area contributed by atoms with E-state index in [1.807, 2.05) is 27.7 Å². The van der Waals surface area contributed by atoms with E-state index in [4.69, 9.17) is 9.31 Å². The van der Waals surface area contributed by atoms with Crippen molar-refractivity contribution in [2.75, 3.05) is 20.1 Å². The van der Waals surface area contributed by atoms with Crippen molar-refractivity contribution in [2.24, 2.45) is 0 Å². The minimum absolute atomic E-state index is 0.0892. The van der Waals surface area contributed by atoms with Gasteiger partial charge in [-0.3, -0.25) is 4.79 Å². The summed E-state index contributed by atoms with van der Waals surface area (Å²) in [6.07, 6.45) is 1.77. The first-order valence-electron chi connectivity index (χ1n) is 9.25. The predicted molar refractivity (Wildman–Crippen MR) is 100 cm³/mol. The molecule has 1 aromatic rings. The predicted octanol–water partition coefficient (Wildman–Crippen LogP) is 1.95. The first kappa shape index (κ1) is 19.3. The van der Waals surface area contributed by atoms with Crippen molar-refractivity contribution in [2.45, 2.75) is 57.8 Å². The van der Waals surface area contributed by atoms with Gasteiger partial charge in [-0.2, -0.15) is 0 Å². The zero-order valence-corrected chi connectivity index (χ0v) is 16.3. The van der Waals surface area contributed by atoms with E-state index < -0.39 is 24.1 Å². The summed E-state index contributed by atoms with van der Waals surface area (Å²) in [5.74, 6) is -0.821. The SMILES string of the molecule is CN(C(=O)c1ccc(B2OC(C)(C)C(C)(C)O2)cc1F)C1CCNCC1. The van der Waals surface area contributed by atoms with Gasteiger partial charge >= 0.3 is 7.12 Å². The molecule has 0 atom stereocenters. The Hall–Kier alpha value is -1.44. The molecule has 0 aromatic heterocycles. The smallest absolute Gasteiger partial charge is 0.399 e. The van der Waals surface area contributed by atoms with Crippen molar-refractivity contribution in [3.05, 3.63) is 29.6 Å². The first-order valence-corrected chi connectivity index (χ1v) is 9.25. The molecule has 142 valence electrons. The molecule has 0 aliphatic carbocycles. The summed E-state index contributed by atoms with van der Waals surface area (Å²) in [4.78, 5) is 14.4. The van der Waals surface area contributed by atoms with Crippen molar-refractivity contribution in [1.29, 1.82) is 0 Å². The summed E-state index contributed by atoms with van der Waals surface area (Å²) < 4.78 is 26.6. The number of carbonyl (C=O) groups is 1. The van der Waals surface area contributed by atoms with Gasteiger partial charge in [-0.25, -0.2) is 4.39 Å². The molecule has 1 amide bonds. The van der Waals surface area contributed by atoms with Gasteiger partial charge in [0.05, 0.1) is 16.8 Å². The van der Waals surface area contributed by atoms with Crippen LogP contribution in [0.25, 0.3) is 0 Å². The lowest BCUT2D eigenvalue weighted by atomic mass is 9.78. The number of nitrogens with one attached hydrogen (secondary N) is 1. The third kappa shape index (κ3) is 3.52. The Morgan fingerprint density at radius 2 is 1.77 bits per heavy atom. The Bertz CT molecular complexity index is 673. The summed E-state index contributed by atoms with van der Waals surface area (Å²) in [5.41, 5.74) is -0.302. The van der Waals surface area contributed by atoms with Crippen LogP contribution in [0.4, 0.5) is 4.39 Å². The minimum Gasteiger partial charge on any atom is -0.399 e. The molecule has 7 heteroatoms. The number of halogens is 1. The van der Waals surface area contributed by atoms with Gasteiger partial charge in [-0.15, -0.1) is 0 Å². The summed E-state index contributed by atoms with van der Waals surface area (Å²) in [5, 5.41) is 3.27. The molecule has 1 N–H and O–H groups in total. The second-order valence-electron chi connectivity index (χ2n) is 8.22. The lowest BCUT2D eigenvalue weighted by Crippen LogP contribution is -2.44. The van der Waals surface area contributed by atoms with Crippen LogP contribution in [0.2, 0.25) is 0 Å². The summed E-state index contributed by atoms with van der Waals surface area (Å²) in [6, 6.07) is 4.75. The maximum absolute atomic E-state index is 14.7. The molecule has 0 saturated carbocycles. The normalized spacial score (nSPS) is 22.5. The van der Waals surface area contributed by atoms with E-state index in [9.17, 15) is 9.18 Å². The lowest BCUT2D eigenvalue weighted by Gasteiger charge is -2.32. The third-order valence-electron chi connectivity index (χ3n) is 5.93. The van der Waals surface area contributed by atoms with Crippen LogP contribution in [0.3, 0.4) is 0 Å². The summed E-state index contributed by atoms with van der Waals surface area (Å²) in [7, 11) is 1.11. The van der Waals surface area contributed by atoms with Crippen LogP contribution < -0.4 is 10.8 Å². The van der Waals surface area contributed by atoms with Crippen LogP contribution in [0.15, 0.2) is 18.2 Å². The Kier molecular flexibility index (Phi) is 5.16. The molecule has 0 radical (unpaired) electrons. The standard InChI is InChI=1S/C19H28BFN2O3/c1-18(2)19(3,4)26-20(25-18)13-6-7-15(16(21)12-13)17(24)23(5)14-8-10-22-11-9-14/h6-7,12,14,22H,8-11H2,1-5H3. The van der Waals surface area contributed by atoms with E-state index >= 15 is 0 Å². The highest BCUT2D eigenvalue weighted by molar-refractivity contribution is 6.62. The molecule has 2 saturated heterocycles. The van der Waals surface area contributed by atoms with Gasteiger partial charge < -0.3 is 19.5 Å². The average Bonchev–Trinajstić information content (AvgIpc) is 2.82. The quantitative estimate of drug-likeness (QED) is 0.836. The van der Waals surface area contributed by atoms with Crippen LogP contribution in [0.5, 0.6) is 0 Å². The fraction of sp³-hybridized carbons (Fsp3) is 0.632. The number of piperidine rings is 1. The molecule has 2 aliphatic heterocycles. The van der Waals surface area contributed by atoms with Gasteiger partial charge in [0.2, 0.25) is 0 Å². The second-order valence-corrected chi connectivity index (χ2v) is 8.22. The largest absolute Gasteiger partial charge is 0.494 e. The number of amides is 1. The van der Waals surface area contributed by atoms with Gasteiger partial charge in [0, 0.05) is 13.1 Å². The first-order chi connectivity index (χ1) is 12.1. The van der Waals surface area contributed by atoms with Crippen molar-refractivity contribution < 1.29 is 18.5 Å². The highest BCUT2D eigenvalue weighted by atomic mass is 19.1. The molecule has 2 fully saturated rings. The van der Waals surface area contributed by atoms with Gasteiger partial charge in [0.1, 0.15) is 5.82 Å². The average molecular weight is 362 g/mol. The van der Waals surface area contributed by atoms with E-state index in [0.29, 0.717) is 5.46 Å². The van der Waals surface area contributed by atoms with Gasteiger partial charge in [0.25, 0.3) is 5.91 Å². The van der Waals surface area contributed by atoms with Gasteiger partial charge in [-0.1, -0.05) is 6.07 Å². The van der Waals surface area contributed by atoms with Gasteiger partial charge in [0.15, 0.2) is 0 Å². The Balaban J connectivity index is 1.76. The molecule has 3 rings (SSSR count). The molecule has 2 heterocycles. The molecule has 0 spiro atoms. The zero-order chi connectivity index (χ0) is 19.1. The number of rotatable bonds is 3. The molecule has 26 heavy (non-hydrogen) atoms. The van der Waals surface area contributed by atoms with E-state index in [-0.39, 0.29) is 17.5 Å². The van der Waals surface area contributed by atoms with Crippen LogP contribution in [-0.2, 0) is 9.31 Å². The molecule has 5 nitrogen and oxygen atoms in total. The lowest BCUT2D eigenvalue weighted by molar-refractivity contribution is 0.00578. The number of hydrogen-bond acceptors (Lipinski definition) is 4. The fourth-order valence-corrected chi connectivity index (χ4v) is 3.38. The molecule has 0 unspecified atom stereocenters. The molecule has 1 aromatic carbocycles. The number of benzene rings is 1. The third-order valence-corrected chi connectivity index (χ3v) is 5.93. The number of nitrogens with zero attached hydrogens (tertiary/aromatic N) is 1. The fourth-order valence-electron chi connectivity index (χ4n) is 3.38. The molecular formula is C19H28BFN2O3. The van der Waals surface area contributed by atoms with E-state index in [1.54, 1.807) is 18.0 Å².